The van der Waals surface area contributed by atoms with Gasteiger partial charge in [-0.2, -0.15) is 0 Å². The van der Waals surface area contributed by atoms with Gasteiger partial charge in [-0.1, -0.05) is 39.2 Å². The molecule has 4 unspecified atom stereocenters. The minimum atomic E-state index is -3.78. The number of carbonyl (C=O) groups is 2. The van der Waals surface area contributed by atoms with Crippen LogP contribution in [-0.2, 0) is 26.1 Å². The van der Waals surface area contributed by atoms with Gasteiger partial charge in [0.25, 0.3) is 5.91 Å². The predicted octanol–water partition coefficient (Wildman–Crippen LogP) is 5.96. The van der Waals surface area contributed by atoms with Crippen LogP contribution in [0.25, 0.3) is 22.2 Å². The summed E-state index contributed by atoms with van der Waals surface area (Å²) in [6.45, 7) is 5.33. The Morgan fingerprint density at radius 3 is 2.47 bits per heavy atom. The number of nitrogens with one attached hydrogen (secondary N) is 1. The van der Waals surface area contributed by atoms with Crippen LogP contribution in [-0.4, -0.2) is 67.9 Å². The van der Waals surface area contributed by atoms with Crippen molar-refractivity contribution in [3.05, 3.63) is 53.1 Å². The van der Waals surface area contributed by atoms with Crippen LogP contribution in [0, 0.1) is 11.3 Å². The summed E-state index contributed by atoms with van der Waals surface area (Å²) in [6, 6.07) is 12.2. The average Bonchev–Trinajstić information content (AvgIpc) is 3.65. The standard InChI is InChI=1S/C37H45N3O6S/c1-22(2)20-47(43,44)38-35(41)24-9-13-29-32(15-24)39-21-37(36(42)40-25-10-11-26(40)19-46-18-25)17-31(37)30-16-27(45-3)12-14-28(30)34(39)33(29)23-7-5-4-6-8-23/h9,12-16,22-23,25-26,31H,4-8,10-11,17-21H2,1-3H3,(H,38,41). The topological polar surface area (TPSA) is 107 Å². The summed E-state index contributed by atoms with van der Waals surface area (Å²) in [4.78, 5) is 30.5. The van der Waals surface area contributed by atoms with Gasteiger partial charge >= 0.3 is 0 Å². The third kappa shape index (κ3) is 5.09. The van der Waals surface area contributed by atoms with Gasteiger partial charge in [-0.05, 0) is 85.4 Å². The van der Waals surface area contributed by atoms with Crippen LogP contribution in [0.2, 0.25) is 0 Å². The average molecular weight is 660 g/mol. The van der Waals surface area contributed by atoms with Gasteiger partial charge in [0.05, 0.1) is 49.3 Å². The number of amides is 2. The second-order valence-corrected chi connectivity index (χ2v) is 16.8. The van der Waals surface area contributed by atoms with Gasteiger partial charge < -0.3 is 18.9 Å². The molecule has 3 aliphatic heterocycles. The van der Waals surface area contributed by atoms with Gasteiger partial charge in [-0.3, -0.25) is 9.59 Å². The molecule has 2 bridgehead atoms. The Morgan fingerprint density at radius 1 is 1.02 bits per heavy atom. The zero-order chi connectivity index (χ0) is 32.7. The van der Waals surface area contributed by atoms with Gasteiger partial charge in [0, 0.05) is 34.5 Å². The Bertz CT molecular complexity index is 1860. The quantitative estimate of drug-likeness (QED) is 0.336. The Labute approximate surface area is 277 Å². The smallest absolute Gasteiger partial charge is 0.264 e. The fourth-order valence-corrected chi connectivity index (χ4v) is 10.7. The number of hydrogen-bond acceptors (Lipinski definition) is 6. The van der Waals surface area contributed by atoms with Crippen molar-refractivity contribution >= 4 is 32.7 Å². The van der Waals surface area contributed by atoms with Crippen LogP contribution in [0.15, 0.2) is 36.4 Å². The maximum atomic E-state index is 14.9. The molecule has 9 nitrogen and oxygen atoms in total. The van der Waals surface area contributed by atoms with Crippen molar-refractivity contribution in [2.75, 3.05) is 26.1 Å². The fourth-order valence-electron chi connectivity index (χ4n) is 9.32. The monoisotopic (exact) mass is 659 g/mol. The van der Waals surface area contributed by atoms with Crippen molar-refractivity contribution in [2.45, 2.75) is 95.7 Å². The molecule has 4 heterocycles. The Balaban J connectivity index is 1.31. The molecule has 1 N–H and O–H groups in total. The summed E-state index contributed by atoms with van der Waals surface area (Å²) in [5.41, 5.74) is 5.31. The second-order valence-electron chi connectivity index (χ2n) is 15.0. The number of morpholine rings is 1. The molecule has 1 aromatic heterocycles. The zero-order valence-corrected chi connectivity index (χ0v) is 28.4. The van der Waals surface area contributed by atoms with Gasteiger partial charge in [0.2, 0.25) is 15.9 Å². The molecule has 10 heteroatoms. The van der Waals surface area contributed by atoms with E-state index in [0.717, 1.165) is 65.6 Å². The first-order valence-electron chi connectivity index (χ1n) is 17.4. The van der Waals surface area contributed by atoms with Crippen molar-refractivity contribution < 1.29 is 27.5 Å². The van der Waals surface area contributed by atoms with E-state index in [1.165, 1.54) is 24.8 Å². The van der Waals surface area contributed by atoms with E-state index in [1.54, 1.807) is 13.2 Å². The van der Waals surface area contributed by atoms with Crippen molar-refractivity contribution in [3.63, 3.8) is 0 Å². The molecule has 2 saturated carbocycles. The molecular formula is C37H45N3O6S. The van der Waals surface area contributed by atoms with E-state index < -0.39 is 21.3 Å². The normalized spacial score (nSPS) is 26.8. The number of aromatic nitrogens is 1. The van der Waals surface area contributed by atoms with E-state index in [4.69, 9.17) is 9.47 Å². The summed E-state index contributed by atoms with van der Waals surface area (Å²) < 4.78 is 41.7. The summed E-state index contributed by atoms with van der Waals surface area (Å²) in [6.07, 6.45) is 8.47. The lowest BCUT2D eigenvalue weighted by Crippen LogP contribution is -2.52. The molecule has 5 aliphatic rings. The van der Waals surface area contributed by atoms with E-state index in [-0.39, 0.29) is 35.6 Å². The molecule has 250 valence electrons. The van der Waals surface area contributed by atoms with Crippen LogP contribution in [0.3, 0.4) is 0 Å². The maximum Gasteiger partial charge on any atom is 0.264 e. The first-order chi connectivity index (χ1) is 22.6. The SMILES string of the molecule is COc1ccc2c(c1)C1CC1(C(=O)N1C3CCC1COC3)Cn1c-2c(C2CCCCC2)c2ccc(C(=O)NS(=O)(=O)CC(C)C)cc21. The van der Waals surface area contributed by atoms with Crippen LogP contribution < -0.4 is 9.46 Å². The van der Waals surface area contributed by atoms with Crippen molar-refractivity contribution in [1.29, 1.82) is 0 Å². The zero-order valence-electron chi connectivity index (χ0n) is 27.6. The highest BCUT2D eigenvalue weighted by atomic mass is 32.2. The molecule has 2 aromatic carbocycles. The molecule has 4 fully saturated rings. The van der Waals surface area contributed by atoms with E-state index in [9.17, 15) is 18.0 Å². The lowest BCUT2D eigenvalue weighted by atomic mass is 9.81. The molecule has 8 rings (SSSR count). The van der Waals surface area contributed by atoms with Crippen LogP contribution >= 0.6 is 0 Å². The lowest BCUT2D eigenvalue weighted by molar-refractivity contribution is -0.147. The molecule has 0 radical (unpaired) electrons. The van der Waals surface area contributed by atoms with Gasteiger partial charge in [-0.15, -0.1) is 0 Å². The molecule has 47 heavy (non-hydrogen) atoms. The molecule has 3 aromatic rings. The molecule has 2 aliphatic carbocycles. The number of sulfonamides is 1. The second kappa shape index (κ2) is 11.4. The number of fused-ring (bicyclic) bond motifs is 9. The highest BCUT2D eigenvalue weighted by Gasteiger charge is 2.65. The van der Waals surface area contributed by atoms with E-state index in [2.05, 4.69) is 26.3 Å². The van der Waals surface area contributed by atoms with E-state index >= 15 is 0 Å². The Morgan fingerprint density at radius 2 is 1.77 bits per heavy atom. The molecule has 2 amide bonds. The number of rotatable bonds is 7. The first-order valence-corrected chi connectivity index (χ1v) is 19.0. The number of ether oxygens (including phenoxy) is 2. The number of benzene rings is 2. The third-order valence-electron chi connectivity index (χ3n) is 11.5. The van der Waals surface area contributed by atoms with Crippen molar-refractivity contribution in [1.82, 2.24) is 14.2 Å². The van der Waals surface area contributed by atoms with Crippen LogP contribution in [0.4, 0.5) is 0 Å². The Kier molecular flexibility index (Phi) is 7.48. The summed E-state index contributed by atoms with van der Waals surface area (Å²) in [7, 11) is -2.09. The lowest BCUT2D eigenvalue weighted by Gasteiger charge is -2.37. The summed E-state index contributed by atoms with van der Waals surface area (Å²) in [5.74, 6) is 0.569. The highest BCUT2D eigenvalue weighted by Crippen LogP contribution is 2.66. The van der Waals surface area contributed by atoms with Crippen LogP contribution in [0.5, 0.6) is 5.75 Å². The number of hydrogen-bond donors (Lipinski definition) is 1. The number of carbonyl (C=O) groups excluding carboxylic acids is 2. The maximum absolute atomic E-state index is 14.9. The number of methoxy groups -OCH3 is 1. The fraction of sp³-hybridized carbons (Fsp3) is 0.568. The predicted molar refractivity (Wildman–Crippen MR) is 180 cm³/mol. The molecule has 4 atom stereocenters. The largest absolute Gasteiger partial charge is 0.497 e. The molecule has 0 spiro atoms. The van der Waals surface area contributed by atoms with Crippen molar-refractivity contribution in [3.8, 4) is 17.0 Å². The summed E-state index contributed by atoms with van der Waals surface area (Å²) >= 11 is 0. The van der Waals surface area contributed by atoms with E-state index in [0.29, 0.717) is 31.2 Å². The van der Waals surface area contributed by atoms with Gasteiger partial charge in [0.1, 0.15) is 5.75 Å². The van der Waals surface area contributed by atoms with Gasteiger partial charge in [0.15, 0.2) is 0 Å². The third-order valence-corrected chi connectivity index (χ3v) is 13.1. The van der Waals surface area contributed by atoms with Crippen molar-refractivity contribution in [2.24, 2.45) is 11.3 Å². The summed E-state index contributed by atoms with van der Waals surface area (Å²) in [5, 5.41) is 1.09. The van der Waals surface area contributed by atoms with Gasteiger partial charge in [-0.25, -0.2) is 13.1 Å². The highest BCUT2D eigenvalue weighted by molar-refractivity contribution is 7.90. The molecular weight excluding hydrogens is 614 g/mol. The molecule has 2 saturated heterocycles. The minimum absolute atomic E-state index is 0.0594. The number of nitrogens with zero attached hydrogens (tertiary/aromatic N) is 2. The Hall–Kier alpha value is -3.37. The minimum Gasteiger partial charge on any atom is -0.497 e. The van der Waals surface area contributed by atoms with Crippen LogP contribution in [0.1, 0.15) is 98.5 Å². The van der Waals surface area contributed by atoms with E-state index in [1.807, 2.05) is 32.0 Å². The first kappa shape index (κ1) is 30.9.